The maximum atomic E-state index is 10.4. The molecule has 0 spiro atoms. The van der Waals surface area contributed by atoms with Crippen LogP contribution in [0, 0.1) is 0 Å². The fourth-order valence-electron chi connectivity index (χ4n) is 3.83. The Labute approximate surface area is 189 Å². The average Bonchev–Trinajstić information content (AvgIpc) is 2.84. The number of hydrogen-bond donors (Lipinski definition) is 1. The molecule has 0 radical (unpaired) electrons. The smallest absolute Gasteiger partial charge is 0.157 e. The molecule has 1 aliphatic heterocycles. The molecule has 32 heavy (non-hydrogen) atoms. The standard InChI is InChI=1S/C27H30O5/c28-26-16-24(30-18-22-12-6-2-7-13-22)27(31-19-23-14-8-3-9-15-23)25(32-26)20-29-17-21-10-4-1-5-11-21/h1-15,24-28H,16-20H2/t24-,25+,26-,27+/m1/s1. The van der Waals surface area contributed by atoms with E-state index in [-0.39, 0.29) is 12.2 Å². The van der Waals surface area contributed by atoms with E-state index in [1.54, 1.807) is 0 Å². The lowest BCUT2D eigenvalue weighted by molar-refractivity contribution is -0.265. The van der Waals surface area contributed by atoms with Crippen LogP contribution < -0.4 is 0 Å². The van der Waals surface area contributed by atoms with Crippen molar-refractivity contribution in [1.29, 1.82) is 0 Å². The molecule has 0 amide bonds. The van der Waals surface area contributed by atoms with Crippen LogP contribution >= 0.6 is 0 Å². The van der Waals surface area contributed by atoms with Crippen molar-refractivity contribution in [2.45, 2.75) is 50.8 Å². The molecule has 4 atom stereocenters. The molecule has 3 aromatic rings. The van der Waals surface area contributed by atoms with Crippen molar-refractivity contribution >= 4 is 0 Å². The second-order valence-corrected chi connectivity index (χ2v) is 7.96. The molecule has 5 nitrogen and oxygen atoms in total. The second-order valence-electron chi connectivity index (χ2n) is 7.96. The first kappa shape index (κ1) is 22.6. The quantitative estimate of drug-likeness (QED) is 0.510. The summed E-state index contributed by atoms with van der Waals surface area (Å²) in [6.45, 7) is 1.65. The topological polar surface area (TPSA) is 57.2 Å². The molecule has 0 saturated carbocycles. The van der Waals surface area contributed by atoms with Crippen molar-refractivity contribution in [3.8, 4) is 0 Å². The summed E-state index contributed by atoms with van der Waals surface area (Å²) in [7, 11) is 0. The monoisotopic (exact) mass is 434 g/mol. The molecule has 0 unspecified atom stereocenters. The minimum Gasteiger partial charge on any atom is -0.374 e. The van der Waals surface area contributed by atoms with Crippen LogP contribution in [0.3, 0.4) is 0 Å². The maximum absolute atomic E-state index is 10.4. The number of aliphatic hydroxyl groups excluding tert-OH is 1. The van der Waals surface area contributed by atoms with Crippen molar-refractivity contribution in [3.05, 3.63) is 108 Å². The van der Waals surface area contributed by atoms with E-state index in [0.717, 1.165) is 16.7 Å². The average molecular weight is 435 g/mol. The summed E-state index contributed by atoms with van der Waals surface area (Å²) in [5, 5.41) is 10.4. The van der Waals surface area contributed by atoms with E-state index in [1.165, 1.54) is 0 Å². The Morgan fingerprint density at radius 2 is 1.19 bits per heavy atom. The molecule has 1 fully saturated rings. The van der Waals surface area contributed by atoms with Gasteiger partial charge in [-0.2, -0.15) is 0 Å². The lowest BCUT2D eigenvalue weighted by Crippen LogP contribution is -2.52. The molecule has 168 valence electrons. The SMILES string of the molecule is O[C@H]1C[C@@H](OCc2ccccc2)[C@H](OCc2ccccc2)[C@H](COCc2ccccc2)O1. The van der Waals surface area contributed by atoms with Crippen LogP contribution in [0.2, 0.25) is 0 Å². The predicted octanol–water partition coefficient (Wildman–Crippen LogP) is 4.48. The van der Waals surface area contributed by atoms with Gasteiger partial charge in [-0.15, -0.1) is 0 Å². The summed E-state index contributed by atoms with van der Waals surface area (Å²) in [6.07, 6.45) is -1.68. The number of rotatable bonds is 10. The molecule has 5 heteroatoms. The van der Waals surface area contributed by atoms with Crippen molar-refractivity contribution < 1.29 is 24.1 Å². The van der Waals surface area contributed by atoms with Gasteiger partial charge < -0.3 is 24.1 Å². The second kappa shape index (κ2) is 11.9. The Bertz CT molecular complexity index is 903. The van der Waals surface area contributed by atoms with Gasteiger partial charge in [0.25, 0.3) is 0 Å². The maximum Gasteiger partial charge on any atom is 0.157 e. The van der Waals surface area contributed by atoms with E-state index < -0.39 is 12.4 Å². The first-order chi connectivity index (χ1) is 15.8. The summed E-state index contributed by atoms with van der Waals surface area (Å²) in [4.78, 5) is 0. The highest BCUT2D eigenvalue weighted by atomic mass is 16.6. The van der Waals surface area contributed by atoms with E-state index in [1.807, 2.05) is 91.0 Å². The minimum absolute atomic E-state index is 0.302. The highest BCUT2D eigenvalue weighted by Crippen LogP contribution is 2.27. The molecule has 0 bridgehead atoms. The van der Waals surface area contributed by atoms with E-state index >= 15 is 0 Å². The summed E-state index contributed by atoms with van der Waals surface area (Å²) < 4.78 is 24.3. The van der Waals surface area contributed by atoms with Crippen LogP contribution in [0.1, 0.15) is 23.1 Å². The summed E-state index contributed by atoms with van der Waals surface area (Å²) >= 11 is 0. The highest BCUT2D eigenvalue weighted by Gasteiger charge is 2.40. The number of benzene rings is 3. The van der Waals surface area contributed by atoms with Crippen molar-refractivity contribution in [3.63, 3.8) is 0 Å². The molecular formula is C27H30O5. The van der Waals surface area contributed by atoms with Gasteiger partial charge >= 0.3 is 0 Å². The van der Waals surface area contributed by atoms with Gasteiger partial charge in [0.15, 0.2) is 6.29 Å². The van der Waals surface area contributed by atoms with Crippen molar-refractivity contribution in [2.75, 3.05) is 6.61 Å². The van der Waals surface area contributed by atoms with Crippen LogP contribution in [-0.4, -0.2) is 36.3 Å². The normalized spacial score (nSPS) is 23.2. The molecule has 1 saturated heterocycles. The Morgan fingerprint density at radius 3 is 1.75 bits per heavy atom. The van der Waals surface area contributed by atoms with E-state index in [9.17, 15) is 5.11 Å². The van der Waals surface area contributed by atoms with Crippen LogP contribution in [0.5, 0.6) is 0 Å². The summed E-state index contributed by atoms with van der Waals surface area (Å²) in [5.41, 5.74) is 3.24. The number of hydrogen-bond acceptors (Lipinski definition) is 5. The zero-order chi connectivity index (χ0) is 22.0. The van der Waals surface area contributed by atoms with Gasteiger partial charge in [-0.1, -0.05) is 91.0 Å². The lowest BCUT2D eigenvalue weighted by Gasteiger charge is -2.39. The first-order valence-corrected chi connectivity index (χ1v) is 11.0. The van der Waals surface area contributed by atoms with Crippen LogP contribution in [0.25, 0.3) is 0 Å². The van der Waals surface area contributed by atoms with Gasteiger partial charge in [-0.3, -0.25) is 0 Å². The van der Waals surface area contributed by atoms with Gasteiger partial charge in [-0.05, 0) is 16.7 Å². The lowest BCUT2D eigenvalue weighted by atomic mass is 10.0. The Morgan fingerprint density at radius 1 is 0.688 bits per heavy atom. The molecule has 3 aromatic carbocycles. The van der Waals surface area contributed by atoms with Crippen molar-refractivity contribution in [1.82, 2.24) is 0 Å². The Kier molecular flexibility index (Phi) is 8.42. The van der Waals surface area contributed by atoms with Crippen molar-refractivity contribution in [2.24, 2.45) is 0 Å². The van der Waals surface area contributed by atoms with Gasteiger partial charge in [-0.25, -0.2) is 0 Å². The van der Waals surface area contributed by atoms with Gasteiger partial charge in [0, 0.05) is 6.42 Å². The third kappa shape index (κ3) is 6.73. The molecule has 0 aromatic heterocycles. The molecule has 0 aliphatic carbocycles. The van der Waals surface area contributed by atoms with E-state index in [4.69, 9.17) is 18.9 Å². The minimum atomic E-state index is -0.919. The Hall–Kier alpha value is -2.54. The largest absolute Gasteiger partial charge is 0.374 e. The van der Waals surface area contributed by atoms with Crippen LogP contribution in [0.15, 0.2) is 91.0 Å². The molecular weight excluding hydrogens is 404 g/mol. The summed E-state index contributed by atoms with van der Waals surface area (Å²) in [6, 6.07) is 30.0. The van der Waals surface area contributed by atoms with E-state index in [2.05, 4.69) is 0 Å². The Balaban J connectivity index is 1.42. The van der Waals surface area contributed by atoms with Crippen LogP contribution in [-0.2, 0) is 38.8 Å². The van der Waals surface area contributed by atoms with Crippen LogP contribution in [0.4, 0.5) is 0 Å². The first-order valence-electron chi connectivity index (χ1n) is 11.0. The fraction of sp³-hybridized carbons (Fsp3) is 0.333. The zero-order valence-electron chi connectivity index (χ0n) is 18.1. The number of ether oxygens (including phenoxy) is 4. The molecule has 1 aliphatic rings. The molecule has 1 heterocycles. The third-order valence-electron chi connectivity index (χ3n) is 5.48. The third-order valence-corrected chi connectivity index (χ3v) is 5.48. The van der Waals surface area contributed by atoms with Gasteiger partial charge in [0.2, 0.25) is 0 Å². The highest BCUT2D eigenvalue weighted by molar-refractivity contribution is 5.15. The molecule has 1 N–H and O–H groups in total. The fourth-order valence-corrected chi connectivity index (χ4v) is 3.83. The summed E-state index contributed by atoms with van der Waals surface area (Å²) in [5.74, 6) is 0. The van der Waals surface area contributed by atoms with E-state index in [0.29, 0.717) is 32.8 Å². The van der Waals surface area contributed by atoms with Gasteiger partial charge in [0.1, 0.15) is 12.2 Å². The zero-order valence-corrected chi connectivity index (χ0v) is 18.1. The number of aliphatic hydroxyl groups is 1. The van der Waals surface area contributed by atoms with Gasteiger partial charge in [0.05, 0.1) is 32.5 Å². The molecule has 4 rings (SSSR count). The predicted molar refractivity (Wildman–Crippen MR) is 122 cm³/mol.